The van der Waals surface area contributed by atoms with E-state index in [2.05, 4.69) is 22.2 Å². The van der Waals surface area contributed by atoms with E-state index in [0.29, 0.717) is 29.3 Å². The Hall–Kier alpha value is -3.02. The van der Waals surface area contributed by atoms with Crippen LogP contribution >= 0.6 is 0 Å². The smallest absolute Gasteiger partial charge is 0.255 e. The van der Waals surface area contributed by atoms with Gasteiger partial charge in [0.1, 0.15) is 5.82 Å². The molecule has 112 valence electrons. The molecule has 1 aromatic carbocycles. The maximum atomic E-state index is 12.2. The van der Waals surface area contributed by atoms with Crippen molar-refractivity contribution in [3.05, 3.63) is 54.7 Å². The Kier molecular flexibility index (Phi) is 3.91. The van der Waals surface area contributed by atoms with Gasteiger partial charge in [-0.25, -0.2) is 4.98 Å². The second-order valence-electron chi connectivity index (χ2n) is 4.62. The summed E-state index contributed by atoms with van der Waals surface area (Å²) in [7, 11) is 0. The Morgan fingerprint density at radius 2 is 2.14 bits per heavy atom. The second kappa shape index (κ2) is 6.17. The van der Waals surface area contributed by atoms with Gasteiger partial charge in [-0.15, -0.1) is 6.58 Å². The fraction of sp³-hybridized carbons (Fsp3) is 0.125. The van der Waals surface area contributed by atoms with Crippen LogP contribution in [0.15, 0.2) is 49.2 Å². The molecule has 2 heterocycles. The van der Waals surface area contributed by atoms with Crippen LogP contribution in [0.2, 0.25) is 0 Å². The van der Waals surface area contributed by atoms with Crippen molar-refractivity contribution in [3.63, 3.8) is 0 Å². The number of rotatable bonds is 5. The topological polar surface area (TPSA) is 72.5 Å². The van der Waals surface area contributed by atoms with Gasteiger partial charge in [0.15, 0.2) is 11.5 Å². The highest BCUT2D eigenvalue weighted by Gasteiger charge is 2.16. The van der Waals surface area contributed by atoms with Crippen molar-refractivity contribution in [2.45, 2.75) is 0 Å². The molecular weight excluding hydrogens is 282 g/mol. The average molecular weight is 297 g/mol. The molecule has 1 amide bonds. The van der Waals surface area contributed by atoms with Crippen molar-refractivity contribution in [1.82, 2.24) is 4.98 Å². The van der Waals surface area contributed by atoms with E-state index in [1.54, 1.807) is 42.6 Å². The highest BCUT2D eigenvalue weighted by molar-refractivity contribution is 6.04. The van der Waals surface area contributed by atoms with Crippen LogP contribution in [0.5, 0.6) is 11.5 Å². The summed E-state index contributed by atoms with van der Waals surface area (Å²) in [6, 6.07) is 8.64. The normalized spacial score (nSPS) is 11.8. The minimum atomic E-state index is -0.230. The molecular formula is C16H15N3O3. The maximum Gasteiger partial charge on any atom is 0.255 e. The molecule has 6 heteroatoms. The molecule has 1 aliphatic heterocycles. The number of anilines is 2. The van der Waals surface area contributed by atoms with Gasteiger partial charge in [-0.05, 0) is 30.3 Å². The summed E-state index contributed by atoms with van der Waals surface area (Å²) < 4.78 is 10.5. The molecule has 0 bridgehead atoms. The van der Waals surface area contributed by atoms with Gasteiger partial charge in [0.25, 0.3) is 5.91 Å². The van der Waals surface area contributed by atoms with E-state index in [1.165, 1.54) is 0 Å². The molecule has 1 aliphatic rings. The SMILES string of the molecule is C=CCNc1ccc(NC(=O)c2ccc3c(c2)OCO3)cn1. The number of ether oxygens (including phenoxy) is 2. The molecule has 0 atom stereocenters. The number of nitrogens with one attached hydrogen (secondary N) is 2. The third-order valence-electron chi connectivity index (χ3n) is 3.08. The predicted octanol–water partition coefficient (Wildman–Crippen LogP) is 2.66. The summed E-state index contributed by atoms with van der Waals surface area (Å²) in [4.78, 5) is 16.4. The quantitative estimate of drug-likeness (QED) is 0.830. The van der Waals surface area contributed by atoms with Gasteiger partial charge in [0.05, 0.1) is 11.9 Å². The Bertz CT molecular complexity index is 698. The van der Waals surface area contributed by atoms with Crippen molar-refractivity contribution in [1.29, 1.82) is 0 Å². The number of carbonyl (C=O) groups is 1. The van der Waals surface area contributed by atoms with E-state index in [-0.39, 0.29) is 12.7 Å². The van der Waals surface area contributed by atoms with Crippen LogP contribution in [0, 0.1) is 0 Å². The molecule has 0 unspecified atom stereocenters. The fourth-order valence-electron chi connectivity index (χ4n) is 1.99. The first-order valence-electron chi connectivity index (χ1n) is 6.78. The van der Waals surface area contributed by atoms with Crippen molar-refractivity contribution in [3.8, 4) is 11.5 Å². The first-order chi connectivity index (χ1) is 10.8. The summed E-state index contributed by atoms with van der Waals surface area (Å²) in [5.41, 5.74) is 1.12. The molecule has 2 aromatic rings. The lowest BCUT2D eigenvalue weighted by Crippen LogP contribution is -2.12. The zero-order chi connectivity index (χ0) is 15.4. The van der Waals surface area contributed by atoms with Crippen molar-refractivity contribution in [2.24, 2.45) is 0 Å². The minimum absolute atomic E-state index is 0.184. The minimum Gasteiger partial charge on any atom is -0.454 e. The van der Waals surface area contributed by atoms with Gasteiger partial charge in [-0.3, -0.25) is 4.79 Å². The Labute approximate surface area is 127 Å². The van der Waals surface area contributed by atoms with E-state index in [9.17, 15) is 4.79 Å². The fourth-order valence-corrected chi connectivity index (χ4v) is 1.99. The average Bonchev–Trinajstić information content (AvgIpc) is 3.01. The first kappa shape index (κ1) is 13.9. The molecule has 0 aliphatic carbocycles. The first-order valence-corrected chi connectivity index (χ1v) is 6.78. The van der Waals surface area contributed by atoms with Crippen LogP contribution < -0.4 is 20.1 Å². The van der Waals surface area contributed by atoms with Crippen LogP contribution in [0.1, 0.15) is 10.4 Å². The lowest BCUT2D eigenvalue weighted by atomic mass is 10.2. The largest absolute Gasteiger partial charge is 0.454 e. The number of amides is 1. The summed E-state index contributed by atoms with van der Waals surface area (Å²) >= 11 is 0. The van der Waals surface area contributed by atoms with Crippen LogP contribution in [-0.2, 0) is 0 Å². The lowest BCUT2D eigenvalue weighted by molar-refractivity contribution is 0.102. The van der Waals surface area contributed by atoms with Crippen molar-refractivity contribution in [2.75, 3.05) is 24.0 Å². The van der Waals surface area contributed by atoms with Crippen LogP contribution in [0.3, 0.4) is 0 Å². The van der Waals surface area contributed by atoms with E-state index >= 15 is 0 Å². The maximum absolute atomic E-state index is 12.2. The van der Waals surface area contributed by atoms with Gasteiger partial charge in [-0.2, -0.15) is 0 Å². The third-order valence-corrected chi connectivity index (χ3v) is 3.08. The third kappa shape index (κ3) is 3.01. The summed E-state index contributed by atoms with van der Waals surface area (Å²) in [6.07, 6.45) is 3.34. The molecule has 0 saturated heterocycles. The Morgan fingerprint density at radius 1 is 1.27 bits per heavy atom. The van der Waals surface area contributed by atoms with Gasteiger partial charge in [-0.1, -0.05) is 6.08 Å². The zero-order valence-electron chi connectivity index (χ0n) is 11.8. The van der Waals surface area contributed by atoms with Gasteiger partial charge in [0, 0.05) is 12.1 Å². The Balaban J connectivity index is 1.67. The number of fused-ring (bicyclic) bond motifs is 1. The molecule has 22 heavy (non-hydrogen) atoms. The van der Waals surface area contributed by atoms with E-state index in [4.69, 9.17) is 9.47 Å². The Morgan fingerprint density at radius 3 is 2.91 bits per heavy atom. The molecule has 0 fully saturated rings. The van der Waals surface area contributed by atoms with Crippen LogP contribution in [-0.4, -0.2) is 24.2 Å². The number of aromatic nitrogens is 1. The van der Waals surface area contributed by atoms with Gasteiger partial charge >= 0.3 is 0 Å². The number of carbonyl (C=O) groups excluding carboxylic acids is 1. The standard InChI is InChI=1S/C16H15N3O3/c1-2-7-17-15-6-4-12(9-18-15)19-16(20)11-3-5-13-14(8-11)22-10-21-13/h2-6,8-9H,1,7,10H2,(H,17,18)(H,19,20). The molecule has 0 spiro atoms. The van der Waals surface area contributed by atoms with Crippen LogP contribution in [0.4, 0.5) is 11.5 Å². The van der Waals surface area contributed by atoms with E-state index in [0.717, 1.165) is 5.82 Å². The molecule has 2 N–H and O–H groups in total. The second-order valence-corrected chi connectivity index (χ2v) is 4.62. The van der Waals surface area contributed by atoms with Crippen molar-refractivity contribution < 1.29 is 14.3 Å². The number of hydrogen-bond acceptors (Lipinski definition) is 5. The van der Waals surface area contributed by atoms with Crippen LogP contribution in [0.25, 0.3) is 0 Å². The molecule has 3 rings (SSSR count). The van der Waals surface area contributed by atoms with E-state index in [1.807, 2.05) is 0 Å². The lowest BCUT2D eigenvalue weighted by Gasteiger charge is -2.07. The highest BCUT2D eigenvalue weighted by atomic mass is 16.7. The number of nitrogens with zero attached hydrogens (tertiary/aromatic N) is 1. The predicted molar refractivity (Wildman–Crippen MR) is 83.4 cm³/mol. The number of benzene rings is 1. The van der Waals surface area contributed by atoms with Gasteiger partial charge in [0.2, 0.25) is 6.79 Å². The monoisotopic (exact) mass is 297 g/mol. The van der Waals surface area contributed by atoms with E-state index < -0.39 is 0 Å². The molecule has 0 radical (unpaired) electrons. The zero-order valence-corrected chi connectivity index (χ0v) is 11.8. The van der Waals surface area contributed by atoms with Crippen molar-refractivity contribution >= 4 is 17.4 Å². The number of hydrogen-bond donors (Lipinski definition) is 2. The summed E-state index contributed by atoms with van der Waals surface area (Å²) in [6.45, 7) is 4.44. The van der Waals surface area contributed by atoms with Gasteiger partial charge < -0.3 is 20.1 Å². The summed E-state index contributed by atoms with van der Waals surface area (Å²) in [5, 5.41) is 5.85. The molecule has 1 aromatic heterocycles. The highest BCUT2D eigenvalue weighted by Crippen LogP contribution is 2.32. The molecule has 0 saturated carbocycles. The summed E-state index contributed by atoms with van der Waals surface area (Å²) in [5.74, 6) is 1.72. The molecule has 6 nitrogen and oxygen atoms in total. The number of pyridine rings is 1.